The Hall–Kier alpha value is -1.64. The number of methoxy groups -OCH3 is 1. The summed E-state index contributed by atoms with van der Waals surface area (Å²) in [5.74, 6) is 0.737. The van der Waals surface area contributed by atoms with Crippen LogP contribution < -0.4 is 4.74 Å². The zero-order chi connectivity index (χ0) is 20.0. The molecule has 2 aliphatic rings. The van der Waals surface area contributed by atoms with Gasteiger partial charge in [-0.1, -0.05) is 19.3 Å². The average Bonchev–Trinajstić information content (AvgIpc) is 2.70. The molecule has 7 nitrogen and oxygen atoms in total. The van der Waals surface area contributed by atoms with Gasteiger partial charge in [0, 0.05) is 26.2 Å². The SMILES string of the molecule is COc1ccc(S(=O)(=O)N2CCN(C(=O)CN3CCCCCCC3)CC2)cc1. The maximum atomic E-state index is 12.8. The van der Waals surface area contributed by atoms with E-state index in [0.717, 1.165) is 25.9 Å². The molecular formula is C20H31N3O4S. The monoisotopic (exact) mass is 409 g/mol. The van der Waals surface area contributed by atoms with E-state index in [0.29, 0.717) is 38.5 Å². The Labute approximate surface area is 168 Å². The Morgan fingerprint density at radius 1 is 0.893 bits per heavy atom. The smallest absolute Gasteiger partial charge is 0.243 e. The zero-order valence-corrected chi connectivity index (χ0v) is 17.5. The van der Waals surface area contributed by atoms with Gasteiger partial charge in [0.25, 0.3) is 0 Å². The first-order valence-electron chi connectivity index (χ1n) is 10.1. The molecule has 0 atom stereocenters. The number of rotatable bonds is 5. The van der Waals surface area contributed by atoms with Crippen molar-refractivity contribution in [2.24, 2.45) is 0 Å². The fourth-order valence-electron chi connectivity index (χ4n) is 3.84. The number of carbonyl (C=O) groups excluding carboxylic acids is 1. The minimum absolute atomic E-state index is 0.113. The Morgan fingerprint density at radius 3 is 2.04 bits per heavy atom. The molecule has 0 N–H and O–H groups in total. The third kappa shape index (κ3) is 5.24. The molecule has 0 aromatic heterocycles. The van der Waals surface area contributed by atoms with Crippen LogP contribution >= 0.6 is 0 Å². The average molecular weight is 410 g/mol. The van der Waals surface area contributed by atoms with E-state index in [-0.39, 0.29) is 10.8 Å². The van der Waals surface area contributed by atoms with Gasteiger partial charge in [-0.05, 0) is 50.2 Å². The van der Waals surface area contributed by atoms with Crippen LogP contribution in [-0.4, -0.2) is 81.4 Å². The fraction of sp³-hybridized carbons (Fsp3) is 0.650. The molecule has 0 bridgehead atoms. The number of benzene rings is 1. The van der Waals surface area contributed by atoms with Gasteiger partial charge in [0.15, 0.2) is 0 Å². The molecule has 0 aliphatic carbocycles. The van der Waals surface area contributed by atoms with Gasteiger partial charge in [0.2, 0.25) is 15.9 Å². The molecule has 1 aromatic carbocycles. The number of carbonyl (C=O) groups is 1. The van der Waals surface area contributed by atoms with Crippen molar-refractivity contribution in [3.8, 4) is 5.75 Å². The summed E-state index contributed by atoms with van der Waals surface area (Å²) in [5, 5.41) is 0. The summed E-state index contributed by atoms with van der Waals surface area (Å²) < 4.78 is 32.2. The van der Waals surface area contributed by atoms with Crippen LogP contribution in [0.15, 0.2) is 29.2 Å². The quantitative estimate of drug-likeness (QED) is 0.742. The largest absolute Gasteiger partial charge is 0.497 e. The van der Waals surface area contributed by atoms with Crippen molar-refractivity contribution in [1.82, 2.24) is 14.1 Å². The van der Waals surface area contributed by atoms with Crippen LogP contribution in [0, 0.1) is 0 Å². The van der Waals surface area contributed by atoms with Crippen LogP contribution in [0.2, 0.25) is 0 Å². The lowest BCUT2D eigenvalue weighted by Crippen LogP contribution is -2.52. The second kappa shape index (κ2) is 9.71. The first-order chi connectivity index (χ1) is 13.5. The number of ether oxygens (including phenoxy) is 1. The Morgan fingerprint density at radius 2 is 1.46 bits per heavy atom. The van der Waals surface area contributed by atoms with Crippen molar-refractivity contribution >= 4 is 15.9 Å². The van der Waals surface area contributed by atoms with Crippen LogP contribution in [0.4, 0.5) is 0 Å². The molecule has 1 amide bonds. The van der Waals surface area contributed by atoms with Crippen LogP contribution in [0.25, 0.3) is 0 Å². The number of piperazine rings is 1. The van der Waals surface area contributed by atoms with E-state index in [4.69, 9.17) is 4.74 Å². The molecule has 2 heterocycles. The Bertz CT molecular complexity index is 735. The molecule has 2 fully saturated rings. The second-order valence-corrected chi connectivity index (χ2v) is 9.44. The maximum Gasteiger partial charge on any atom is 0.243 e. The van der Waals surface area contributed by atoms with Gasteiger partial charge in [-0.2, -0.15) is 4.31 Å². The zero-order valence-electron chi connectivity index (χ0n) is 16.7. The summed E-state index contributed by atoms with van der Waals surface area (Å²) >= 11 is 0. The lowest BCUT2D eigenvalue weighted by molar-refractivity contribution is -0.133. The topological polar surface area (TPSA) is 70.2 Å². The van der Waals surface area contributed by atoms with Crippen LogP contribution in [0.1, 0.15) is 32.1 Å². The molecule has 156 valence electrons. The molecule has 28 heavy (non-hydrogen) atoms. The highest BCUT2D eigenvalue weighted by Gasteiger charge is 2.30. The number of amides is 1. The van der Waals surface area contributed by atoms with E-state index in [1.165, 1.54) is 23.6 Å². The third-order valence-corrected chi connectivity index (χ3v) is 7.51. The molecule has 0 saturated carbocycles. The molecular weight excluding hydrogens is 378 g/mol. The minimum Gasteiger partial charge on any atom is -0.497 e. The van der Waals surface area contributed by atoms with E-state index < -0.39 is 10.0 Å². The van der Waals surface area contributed by atoms with Crippen molar-refractivity contribution in [2.45, 2.75) is 37.0 Å². The van der Waals surface area contributed by atoms with Gasteiger partial charge in [0.1, 0.15) is 5.75 Å². The summed E-state index contributed by atoms with van der Waals surface area (Å²) in [5.41, 5.74) is 0. The summed E-state index contributed by atoms with van der Waals surface area (Å²) in [6.45, 7) is 3.98. The molecule has 0 spiro atoms. The molecule has 2 aliphatic heterocycles. The van der Waals surface area contributed by atoms with Crippen molar-refractivity contribution in [3.05, 3.63) is 24.3 Å². The highest BCUT2D eigenvalue weighted by atomic mass is 32.2. The minimum atomic E-state index is -3.54. The Kier molecular flexibility index (Phi) is 7.31. The number of sulfonamides is 1. The summed E-state index contributed by atoms with van der Waals surface area (Å²) in [7, 11) is -1.99. The summed E-state index contributed by atoms with van der Waals surface area (Å²) in [6.07, 6.45) is 6.09. The number of hydrogen-bond donors (Lipinski definition) is 0. The van der Waals surface area contributed by atoms with E-state index in [9.17, 15) is 13.2 Å². The van der Waals surface area contributed by atoms with E-state index in [1.54, 1.807) is 36.3 Å². The number of likely N-dealkylation sites (tertiary alicyclic amines) is 1. The van der Waals surface area contributed by atoms with Crippen LogP contribution in [-0.2, 0) is 14.8 Å². The van der Waals surface area contributed by atoms with E-state index in [2.05, 4.69) is 4.90 Å². The molecule has 1 aromatic rings. The van der Waals surface area contributed by atoms with Crippen molar-refractivity contribution in [2.75, 3.05) is 52.9 Å². The summed E-state index contributed by atoms with van der Waals surface area (Å²) in [4.78, 5) is 17.0. The van der Waals surface area contributed by atoms with E-state index in [1.807, 2.05) is 0 Å². The first-order valence-corrected chi connectivity index (χ1v) is 11.6. The lowest BCUT2D eigenvalue weighted by Gasteiger charge is -2.35. The van der Waals surface area contributed by atoms with Crippen molar-refractivity contribution in [3.63, 3.8) is 0 Å². The Balaban J connectivity index is 1.53. The van der Waals surface area contributed by atoms with Gasteiger partial charge in [0.05, 0.1) is 18.6 Å². The van der Waals surface area contributed by atoms with Gasteiger partial charge in [-0.25, -0.2) is 8.42 Å². The molecule has 0 radical (unpaired) electrons. The van der Waals surface area contributed by atoms with Crippen molar-refractivity contribution in [1.29, 1.82) is 0 Å². The summed E-state index contributed by atoms with van der Waals surface area (Å²) in [6, 6.07) is 6.42. The van der Waals surface area contributed by atoms with Gasteiger partial charge in [-0.3, -0.25) is 9.69 Å². The molecule has 2 saturated heterocycles. The van der Waals surface area contributed by atoms with Gasteiger partial charge < -0.3 is 9.64 Å². The molecule has 8 heteroatoms. The highest BCUT2D eigenvalue weighted by Crippen LogP contribution is 2.21. The van der Waals surface area contributed by atoms with Gasteiger partial charge >= 0.3 is 0 Å². The fourth-order valence-corrected chi connectivity index (χ4v) is 5.26. The lowest BCUT2D eigenvalue weighted by atomic mass is 10.1. The number of nitrogens with zero attached hydrogens (tertiary/aromatic N) is 3. The van der Waals surface area contributed by atoms with E-state index >= 15 is 0 Å². The third-order valence-electron chi connectivity index (χ3n) is 5.60. The first kappa shape index (κ1) is 21.1. The van der Waals surface area contributed by atoms with Crippen LogP contribution in [0.3, 0.4) is 0 Å². The second-order valence-electron chi connectivity index (χ2n) is 7.50. The predicted octanol–water partition coefficient (Wildman–Crippen LogP) is 1.79. The van der Waals surface area contributed by atoms with Crippen molar-refractivity contribution < 1.29 is 17.9 Å². The van der Waals surface area contributed by atoms with Gasteiger partial charge in [-0.15, -0.1) is 0 Å². The predicted molar refractivity (Wildman–Crippen MR) is 108 cm³/mol. The maximum absolute atomic E-state index is 12.8. The molecule has 0 unspecified atom stereocenters. The standard InChI is InChI=1S/C20H31N3O4S/c1-27-18-7-9-19(10-8-18)28(25,26)23-15-13-22(14-16-23)20(24)17-21-11-5-3-2-4-6-12-21/h7-10H,2-6,11-17H2,1H3. The molecule has 3 rings (SSSR count). The number of hydrogen-bond acceptors (Lipinski definition) is 5. The normalized spacial score (nSPS) is 20.4. The highest BCUT2D eigenvalue weighted by molar-refractivity contribution is 7.89. The van der Waals surface area contributed by atoms with Crippen LogP contribution in [0.5, 0.6) is 5.75 Å².